The maximum Gasteiger partial charge on any atom is 0.503 e. The summed E-state index contributed by atoms with van der Waals surface area (Å²) in [6, 6.07) is 57.8. The molecule has 0 aliphatic carbocycles. The van der Waals surface area contributed by atoms with Crippen LogP contribution in [-0.4, -0.2) is 15.6 Å². The van der Waals surface area contributed by atoms with E-state index < -0.39 is 12.3 Å². The molecule has 0 amide bonds. The Labute approximate surface area is 452 Å². The molecule has 372 valence electrons. The van der Waals surface area contributed by atoms with Crippen molar-refractivity contribution in [2.24, 2.45) is 5.92 Å². The van der Waals surface area contributed by atoms with Gasteiger partial charge >= 0.3 is 11.7 Å². The van der Waals surface area contributed by atoms with E-state index in [0.29, 0.717) is 45.4 Å². The monoisotopic (exact) mass is 987 g/mol. The Kier molecular flexibility index (Phi) is 10.7. The molecule has 8 aromatic carbocycles. The highest BCUT2D eigenvalue weighted by Crippen LogP contribution is 2.48. The minimum absolute atomic E-state index is 0.0599. The van der Waals surface area contributed by atoms with Crippen molar-refractivity contribution in [2.45, 2.75) is 98.8 Å². The third-order valence-corrected chi connectivity index (χ3v) is 14.2. The fourth-order valence-electron chi connectivity index (χ4n) is 10.2. The Hall–Kier alpha value is -8.11. The lowest BCUT2D eigenvalue weighted by Gasteiger charge is -2.26. The maximum atomic E-state index is 9.73. The molecule has 5 nitrogen and oxygen atoms in total. The molecule has 0 atom stereocenters. The molecule has 5 heteroatoms. The lowest BCUT2D eigenvalue weighted by Crippen LogP contribution is -2.16. The lowest BCUT2D eigenvalue weighted by atomic mass is 9.78. The van der Waals surface area contributed by atoms with Crippen LogP contribution < -0.4 is 13.9 Å². The van der Waals surface area contributed by atoms with Gasteiger partial charge < -0.3 is 4.74 Å². The Morgan fingerprint density at radius 1 is 0.547 bits per heavy atom. The molecule has 3 heterocycles. The van der Waals surface area contributed by atoms with E-state index in [2.05, 4.69) is 158 Å². The lowest BCUT2D eigenvalue weighted by molar-refractivity contribution is 0.483. The van der Waals surface area contributed by atoms with Crippen molar-refractivity contribution in [2.75, 3.05) is 0 Å². The fraction of sp³-hybridized carbons (Fsp3) is 0.229. The zero-order valence-corrected chi connectivity index (χ0v) is 44.9. The molecule has 0 N–H and O–H groups in total. The van der Waals surface area contributed by atoms with E-state index in [1.807, 2.05) is 102 Å². The number of para-hydroxylation sites is 2. The van der Waals surface area contributed by atoms with Crippen molar-refractivity contribution in [1.29, 1.82) is 0 Å². The third kappa shape index (κ3) is 9.54. The van der Waals surface area contributed by atoms with Gasteiger partial charge in [0.1, 0.15) is 17.3 Å². The molecule has 2 aromatic heterocycles. The van der Waals surface area contributed by atoms with Gasteiger partial charge in [-0.2, -0.15) is 0 Å². The Morgan fingerprint density at radius 2 is 1.25 bits per heavy atom. The fourth-order valence-corrected chi connectivity index (χ4v) is 10.2. The Morgan fingerprint density at radius 3 is 1.99 bits per heavy atom. The van der Waals surface area contributed by atoms with Crippen LogP contribution in [0.4, 0.5) is 22.7 Å². The summed E-state index contributed by atoms with van der Waals surface area (Å²) in [4.78, 5) is 4.96. The molecule has 75 heavy (non-hydrogen) atoms. The second kappa shape index (κ2) is 19.0. The zero-order valence-electron chi connectivity index (χ0n) is 50.9. The van der Waals surface area contributed by atoms with Gasteiger partial charge in [0, 0.05) is 43.5 Å². The van der Waals surface area contributed by atoms with Gasteiger partial charge in [0.2, 0.25) is 11.4 Å². The van der Waals surface area contributed by atoms with Gasteiger partial charge in [-0.3, -0.25) is 4.57 Å². The standard InChI is InChI=1S/C70H68N4O/c1-46(2)37-50-25-18-30-63-66(50)73(67-58(48-23-16-13-17-24-48)28-20-29-59(67)51-38-53(69(6,7)8)41-54(39-51)70(9,10)11)45-72(63)55-26-19-27-56(43-55)75-57-32-33-60-61-40-49(47-21-14-12-15-22-47)31-34-62(61)74(64(60)44-57)65-42-52(35-36-71-65)68(3,4)5/h12-36,38-44,46H,37H2,1-11H3/q+2/i13D,16D,23D,24D,37D2. The number of pyridine rings is 1. The first-order valence-corrected chi connectivity index (χ1v) is 26.1. The van der Waals surface area contributed by atoms with Crippen LogP contribution in [0.5, 0.6) is 11.5 Å². The number of benzene rings is 8. The highest BCUT2D eigenvalue weighted by molar-refractivity contribution is 6.11. The SMILES string of the molecule is [2H]c1cc([2H])c(-c2cccc(-c3cc(C(C)(C)C)cc(C(C)(C)C)c3)c2[N+]2=C=[N+](c3cccc(Oc4ccc5c6cc(-c7ccccc7)ccc6n(-c6cc(C(C)(C)C)ccn6)c5c4)c3)c3cccc(C([2H])([2H])C(C)C)c32)c([2H])c1[2H]. The highest BCUT2D eigenvalue weighted by atomic mass is 16.5. The molecule has 10 aromatic rings. The number of ether oxygens (including phenoxy) is 1. The van der Waals surface area contributed by atoms with E-state index in [4.69, 9.17) is 12.5 Å². The molecule has 0 saturated heterocycles. The minimum Gasteiger partial charge on any atom is -0.457 e. The predicted molar refractivity (Wildman–Crippen MR) is 317 cm³/mol. The van der Waals surface area contributed by atoms with Crippen LogP contribution in [0.3, 0.4) is 0 Å². The molecule has 1 aliphatic rings. The van der Waals surface area contributed by atoms with E-state index in [9.17, 15) is 5.48 Å². The second-order valence-electron chi connectivity index (χ2n) is 23.2. The average Bonchev–Trinajstić information content (AvgIpc) is 4.12. The molecule has 0 radical (unpaired) electrons. The van der Waals surface area contributed by atoms with Gasteiger partial charge in [-0.1, -0.05) is 185 Å². The topological polar surface area (TPSA) is 33.1 Å². The number of rotatable bonds is 10. The summed E-state index contributed by atoms with van der Waals surface area (Å²) < 4.78 is 68.5. The number of aromatic nitrogens is 2. The normalized spacial score (nSPS) is 14.2. The van der Waals surface area contributed by atoms with Gasteiger partial charge in [-0.15, -0.1) is 0 Å². The van der Waals surface area contributed by atoms with Crippen LogP contribution >= 0.6 is 0 Å². The Bertz CT molecular complexity index is 4210. The largest absolute Gasteiger partial charge is 0.503 e. The number of fused-ring (bicyclic) bond motifs is 4. The van der Waals surface area contributed by atoms with Crippen molar-refractivity contribution in [3.05, 3.63) is 216 Å². The average molecular weight is 987 g/mol. The molecule has 11 rings (SSSR count). The van der Waals surface area contributed by atoms with Crippen LogP contribution in [0.15, 0.2) is 194 Å². The maximum absolute atomic E-state index is 9.73. The van der Waals surface area contributed by atoms with Crippen LogP contribution in [0.2, 0.25) is 0 Å². The van der Waals surface area contributed by atoms with Crippen molar-refractivity contribution >= 4 is 50.6 Å². The first-order valence-electron chi connectivity index (χ1n) is 29.1. The predicted octanol–water partition coefficient (Wildman–Crippen LogP) is 18.9. The third-order valence-electron chi connectivity index (χ3n) is 14.2. The van der Waals surface area contributed by atoms with Gasteiger partial charge in [0.15, 0.2) is 0 Å². The van der Waals surface area contributed by atoms with Gasteiger partial charge in [0.05, 0.1) is 33.7 Å². The van der Waals surface area contributed by atoms with E-state index >= 15 is 0 Å². The van der Waals surface area contributed by atoms with Crippen molar-refractivity contribution in [3.63, 3.8) is 0 Å². The highest BCUT2D eigenvalue weighted by Gasteiger charge is 2.42. The summed E-state index contributed by atoms with van der Waals surface area (Å²) in [7, 11) is 0. The molecule has 0 saturated carbocycles. The summed E-state index contributed by atoms with van der Waals surface area (Å²) in [5, 5.41) is 2.16. The first kappa shape index (κ1) is 42.3. The second-order valence-corrected chi connectivity index (χ2v) is 23.2. The summed E-state index contributed by atoms with van der Waals surface area (Å²) in [6.45, 7) is 23.6. The molecule has 0 unspecified atom stereocenters. The quantitative estimate of drug-likeness (QED) is 0.128. The van der Waals surface area contributed by atoms with Crippen molar-refractivity contribution in [1.82, 2.24) is 18.7 Å². The van der Waals surface area contributed by atoms with Gasteiger partial charge in [0.25, 0.3) is 5.69 Å². The smallest absolute Gasteiger partial charge is 0.457 e. The summed E-state index contributed by atoms with van der Waals surface area (Å²) >= 11 is 0. The number of hydrogen-bond donors (Lipinski definition) is 0. The van der Waals surface area contributed by atoms with E-state index in [1.165, 1.54) is 11.6 Å². The molecule has 0 spiro atoms. The molecular weight excluding hydrogens is 913 g/mol. The van der Waals surface area contributed by atoms with Crippen LogP contribution in [0.25, 0.3) is 61.0 Å². The van der Waals surface area contributed by atoms with Crippen LogP contribution in [0, 0.1) is 5.92 Å². The molecule has 0 bridgehead atoms. The zero-order chi connectivity index (χ0) is 57.7. The van der Waals surface area contributed by atoms with Gasteiger partial charge in [-0.25, -0.2) is 4.98 Å². The molecule has 0 fully saturated rings. The van der Waals surface area contributed by atoms with Crippen LogP contribution in [-0.2, 0) is 22.6 Å². The van der Waals surface area contributed by atoms with E-state index in [0.717, 1.165) is 61.0 Å². The molecule has 1 aliphatic heterocycles. The Balaban J connectivity index is 1.13. The van der Waals surface area contributed by atoms with Crippen molar-refractivity contribution < 1.29 is 13.0 Å². The minimum atomic E-state index is -1.83. The number of nitrogens with zero attached hydrogens (tertiary/aromatic N) is 4. The summed E-state index contributed by atoms with van der Waals surface area (Å²) in [6.07, 6.45) is 0.0570. The van der Waals surface area contributed by atoms with E-state index in [-0.39, 0.29) is 46.0 Å². The summed E-state index contributed by atoms with van der Waals surface area (Å²) in [5.41, 5.74) is 12.4. The first-order chi connectivity index (χ1) is 38.3. The van der Waals surface area contributed by atoms with Crippen LogP contribution in [0.1, 0.15) is 107 Å². The molecular formula is C70H68N4O+2. The summed E-state index contributed by atoms with van der Waals surface area (Å²) in [5.74, 6) is 1.57. The van der Waals surface area contributed by atoms with E-state index in [1.54, 1.807) is 0 Å². The van der Waals surface area contributed by atoms with Crippen molar-refractivity contribution in [3.8, 4) is 50.7 Å². The van der Waals surface area contributed by atoms with Gasteiger partial charge in [-0.05, 0) is 131 Å². The number of hydrogen-bond acceptors (Lipinski definition) is 2.